The van der Waals surface area contributed by atoms with E-state index >= 15 is 0 Å². The van der Waals surface area contributed by atoms with E-state index in [1.807, 2.05) is 12.1 Å². The zero-order valence-corrected chi connectivity index (χ0v) is 14.6. The number of hydrogen-bond donors (Lipinski definition) is 3. The third-order valence-electron chi connectivity index (χ3n) is 3.99. The summed E-state index contributed by atoms with van der Waals surface area (Å²) in [7, 11) is 0. The highest BCUT2D eigenvalue weighted by molar-refractivity contribution is 5.96. The third-order valence-corrected chi connectivity index (χ3v) is 3.99. The van der Waals surface area contributed by atoms with Crippen LogP contribution < -0.4 is 5.32 Å². The second kappa shape index (κ2) is 7.38. The van der Waals surface area contributed by atoms with Gasteiger partial charge < -0.3 is 15.5 Å². The van der Waals surface area contributed by atoms with Crippen molar-refractivity contribution in [3.63, 3.8) is 0 Å². The molecule has 0 radical (unpaired) electrons. The number of phenolic OH excluding ortho intramolecular Hbond substituents is 1. The summed E-state index contributed by atoms with van der Waals surface area (Å²) in [6.45, 7) is 6.25. The van der Waals surface area contributed by atoms with E-state index in [2.05, 4.69) is 26.1 Å². The second-order valence-corrected chi connectivity index (χ2v) is 7.06. The maximum absolute atomic E-state index is 12.4. The van der Waals surface area contributed by atoms with E-state index in [1.54, 1.807) is 24.3 Å². The summed E-state index contributed by atoms with van der Waals surface area (Å²) >= 11 is 0. The number of carbonyl (C=O) groups is 2. The van der Waals surface area contributed by atoms with E-state index in [9.17, 15) is 19.8 Å². The topological polar surface area (TPSA) is 86.6 Å². The number of carboxylic acids is 1. The number of nitrogens with one attached hydrogen (secondary N) is 1. The second-order valence-electron chi connectivity index (χ2n) is 7.06. The number of aliphatic carboxylic acids is 1. The molecule has 0 aliphatic rings. The average Bonchev–Trinajstić information content (AvgIpc) is 2.55. The Morgan fingerprint density at radius 1 is 1.00 bits per heavy atom. The van der Waals surface area contributed by atoms with Gasteiger partial charge in [-0.2, -0.15) is 0 Å². The molecule has 2 aromatic rings. The average molecular weight is 341 g/mol. The Balaban J connectivity index is 2.09. The van der Waals surface area contributed by atoms with E-state index in [0.717, 1.165) is 5.56 Å². The van der Waals surface area contributed by atoms with Crippen molar-refractivity contribution in [2.45, 2.75) is 38.6 Å². The summed E-state index contributed by atoms with van der Waals surface area (Å²) in [6, 6.07) is 12.4. The summed E-state index contributed by atoms with van der Waals surface area (Å²) in [6.07, 6.45) is 0.140. The molecule has 0 heterocycles. The lowest BCUT2D eigenvalue weighted by atomic mass is 9.86. The molecule has 0 bridgehead atoms. The minimum atomic E-state index is -1.10. The molecule has 1 atom stereocenters. The lowest BCUT2D eigenvalue weighted by Gasteiger charge is -2.19. The Labute approximate surface area is 147 Å². The number of phenols is 1. The van der Waals surface area contributed by atoms with Crippen molar-refractivity contribution < 1.29 is 19.8 Å². The van der Waals surface area contributed by atoms with Crippen molar-refractivity contribution in [3.8, 4) is 5.75 Å². The summed E-state index contributed by atoms with van der Waals surface area (Å²) < 4.78 is 0. The van der Waals surface area contributed by atoms with Crippen molar-refractivity contribution in [2.75, 3.05) is 0 Å². The van der Waals surface area contributed by atoms with Crippen LogP contribution in [0.4, 0.5) is 0 Å². The molecular weight excluding hydrogens is 318 g/mol. The van der Waals surface area contributed by atoms with Crippen LogP contribution in [0.3, 0.4) is 0 Å². The van der Waals surface area contributed by atoms with Gasteiger partial charge in [-0.1, -0.05) is 45.0 Å². The van der Waals surface area contributed by atoms with Crippen LogP contribution in [0.5, 0.6) is 5.75 Å². The van der Waals surface area contributed by atoms with E-state index in [-0.39, 0.29) is 17.6 Å². The first-order chi connectivity index (χ1) is 11.7. The van der Waals surface area contributed by atoms with E-state index < -0.39 is 17.9 Å². The molecule has 0 aliphatic heterocycles. The monoisotopic (exact) mass is 341 g/mol. The molecule has 3 N–H and O–H groups in total. The van der Waals surface area contributed by atoms with Crippen molar-refractivity contribution >= 4 is 11.9 Å². The highest BCUT2D eigenvalue weighted by Gasteiger charge is 2.21. The van der Waals surface area contributed by atoms with Gasteiger partial charge in [0.15, 0.2) is 0 Å². The van der Waals surface area contributed by atoms with E-state index in [1.165, 1.54) is 12.1 Å². The van der Waals surface area contributed by atoms with Crippen LogP contribution in [0, 0.1) is 0 Å². The van der Waals surface area contributed by atoms with Crippen molar-refractivity contribution in [1.29, 1.82) is 0 Å². The first kappa shape index (κ1) is 18.5. The first-order valence-electron chi connectivity index (χ1n) is 8.09. The van der Waals surface area contributed by atoms with Gasteiger partial charge in [-0.25, -0.2) is 4.79 Å². The minimum Gasteiger partial charge on any atom is -0.508 e. The third kappa shape index (κ3) is 5.08. The van der Waals surface area contributed by atoms with Crippen LogP contribution in [0.1, 0.15) is 42.3 Å². The predicted molar refractivity (Wildman–Crippen MR) is 95.8 cm³/mol. The Hall–Kier alpha value is -2.82. The first-order valence-corrected chi connectivity index (χ1v) is 8.09. The molecule has 132 valence electrons. The van der Waals surface area contributed by atoms with Gasteiger partial charge in [-0.05, 0) is 40.8 Å². The fraction of sp³-hybridized carbons (Fsp3) is 0.300. The molecule has 25 heavy (non-hydrogen) atoms. The van der Waals surface area contributed by atoms with Crippen molar-refractivity contribution in [3.05, 3.63) is 65.2 Å². The number of benzene rings is 2. The van der Waals surface area contributed by atoms with E-state index in [0.29, 0.717) is 11.1 Å². The summed E-state index contributed by atoms with van der Waals surface area (Å²) in [4.78, 5) is 23.8. The van der Waals surface area contributed by atoms with Gasteiger partial charge in [0, 0.05) is 12.0 Å². The van der Waals surface area contributed by atoms with Crippen LogP contribution in [0.25, 0.3) is 0 Å². The molecule has 1 amide bonds. The Morgan fingerprint density at radius 3 is 2.04 bits per heavy atom. The van der Waals surface area contributed by atoms with Crippen LogP contribution in [-0.2, 0) is 16.6 Å². The standard InChI is InChI=1S/C20H23NO4/c1-20(2,3)15-8-6-14(7-9-15)18(23)21-17(19(24)25)12-13-4-10-16(22)11-5-13/h4-11,17,22H,12H2,1-3H3,(H,21,23)(H,24,25). The molecule has 0 saturated carbocycles. The highest BCUT2D eigenvalue weighted by Crippen LogP contribution is 2.22. The zero-order chi connectivity index (χ0) is 18.6. The summed E-state index contributed by atoms with van der Waals surface area (Å²) in [5, 5.41) is 21.2. The van der Waals surface area contributed by atoms with Crippen LogP contribution in [-0.4, -0.2) is 28.1 Å². The molecule has 1 unspecified atom stereocenters. The highest BCUT2D eigenvalue weighted by atomic mass is 16.4. The van der Waals surface area contributed by atoms with Gasteiger partial charge >= 0.3 is 5.97 Å². The van der Waals surface area contributed by atoms with Gasteiger partial charge in [-0.15, -0.1) is 0 Å². The van der Waals surface area contributed by atoms with Gasteiger partial charge in [0.05, 0.1) is 0 Å². The molecule has 2 rings (SSSR count). The molecule has 0 aromatic heterocycles. The molecule has 5 heteroatoms. The molecule has 2 aromatic carbocycles. The number of rotatable bonds is 5. The predicted octanol–water partition coefficient (Wildman–Crippen LogP) is 3.12. The Kier molecular flexibility index (Phi) is 5.47. The number of hydrogen-bond acceptors (Lipinski definition) is 3. The Morgan fingerprint density at radius 2 is 1.56 bits per heavy atom. The number of amides is 1. The van der Waals surface area contributed by atoms with Crippen LogP contribution in [0.2, 0.25) is 0 Å². The molecule has 0 aliphatic carbocycles. The van der Waals surface area contributed by atoms with Crippen LogP contribution >= 0.6 is 0 Å². The lowest BCUT2D eigenvalue weighted by Crippen LogP contribution is -2.42. The fourth-order valence-corrected chi connectivity index (χ4v) is 2.43. The lowest BCUT2D eigenvalue weighted by molar-refractivity contribution is -0.139. The smallest absolute Gasteiger partial charge is 0.326 e. The minimum absolute atomic E-state index is 0.0164. The molecule has 0 saturated heterocycles. The van der Waals surface area contributed by atoms with E-state index in [4.69, 9.17) is 0 Å². The van der Waals surface area contributed by atoms with Gasteiger partial charge in [0.1, 0.15) is 11.8 Å². The summed E-state index contributed by atoms with van der Waals surface area (Å²) in [5.41, 5.74) is 2.22. The van der Waals surface area contributed by atoms with Crippen LogP contribution in [0.15, 0.2) is 48.5 Å². The zero-order valence-electron chi connectivity index (χ0n) is 14.6. The maximum Gasteiger partial charge on any atom is 0.326 e. The normalized spacial score (nSPS) is 12.4. The SMILES string of the molecule is CC(C)(C)c1ccc(C(=O)NC(Cc2ccc(O)cc2)C(=O)O)cc1. The van der Waals surface area contributed by atoms with Gasteiger partial charge in [-0.3, -0.25) is 4.79 Å². The number of carboxylic acid groups (broad SMARTS) is 1. The number of carbonyl (C=O) groups excluding carboxylic acids is 1. The number of aromatic hydroxyl groups is 1. The largest absolute Gasteiger partial charge is 0.508 e. The maximum atomic E-state index is 12.4. The molecule has 5 nitrogen and oxygen atoms in total. The molecule has 0 spiro atoms. The van der Waals surface area contributed by atoms with Gasteiger partial charge in [0.2, 0.25) is 0 Å². The van der Waals surface area contributed by atoms with Crippen molar-refractivity contribution in [2.24, 2.45) is 0 Å². The van der Waals surface area contributed by atoms with Gasteiger partial charge in [0.25, 0.3) is 5.91 Å². The quantitative estimate of drug-likeness (QED) is 0.780. The molecular formula is C20H23NO4. The fourth-order valence-electron chi connectivity index (χ4n) is 2.43. The summed E-state index contributed by atoms with van der Waals surface area (Å²) in [5.74, 6) is -1.42. The molecule has 0 fully saturated rings. The van der Waals surface area contributed by atoms with Crippen molar-refractivity contribution in [1.82, 2.24) is 5.32 Å². The Bertz CT molecular complexity index is 743.